The molecule has 5 heteroatoms. The average Bonchev–Trinajstić information content (AvgIpc) is 2.35. The van der Waals surface area contributed by atoms with Gasteiger partial charge in [0.15, 0.2) is 0 Å². The van der Waals surface area contributed by atoms with Gasteiger partial charge in [-0.15, -0.1) is 0 Å². The van der Waals surface area contributed by atoms with Crippen LogP contribution in [0.3, 0.4) is 0 Å². The first-order valence-electron chi connectivity index (χ1n) is 6.26. The number of amides is 1. The molecule has 1 saturated heterocycles. The third kappa shape index (κ3) is 5.02. The van der Waals surface area contributed by atoms with Crippen LogP contribution >= 0.6 is 0 Å². The minimum absolute atomic E-state index is 0.0409. The summed E-state index contributed by atoms with van der Waals surface area (Å²) in [5.41, 5.74) is 0.0852. The summed E-state index contributed by atoms with van der Waals surface area (Å²) >= 11 is 0. The van der Waals surface area contributed by atoms with Crippen molar-refractivity contribution in [3.05, 3.63) is 0 Å². The van der Waals surface area contributed by atoms with Crippen molar-refractivity contribution in [2.75, 3.05) is 46.6 Å². The second-order valence-electron chi connectivity index (χ2n) is 4.60. The van der Waals surface area contributed by atoms with Crippen molar-refractivity contribution in [3.8, 4) is 0 Å². The lowest BCUT2D eigenvalue weighted by Crippen LogP contribution is -2.47. The van der Waals surface area contributed by atoms with Gasteiger partial charge in [0.1, 0.15) is 6.61 Å². The molecule has 0 aliphatic carbocycles. The molecule has 0 radical (unpaired) electrons. The molecule has 2 N–H and O–H groups in total. The van der Waals surface area contributed by atoms with Crippen LogP contribution in [0.25, 0.3) is 0 Å². The molecular formula is C12H24N2O3. The number of nitrogens with one attached hydrogen (secondary N) is 2. The molecule has 1 heterocycles. The van der Waals surface area contributed by atoms with Crippen LogP contribution in [0, 0.1) is 5.41 Å². The van der Waals surface area contributed by atoms with Gasteiger partial charge in [-0.1, -0.05) is 0 Å². The highest BCUT2D eigenvalue weighted by atomic mass is 16.5. The summed E-state index contributed by atoms with van der Waals surface area (Å²) in [6.07, 6.45) is 2.07. The molecule has 0 aromatic rings. The number of hydrogen-bond donors (Lipinski definition) is 2. The maximum Gasteiger partial charge on any atom is 0.246 e. The number of carbonyl (C=O) groups excluding carboxylic acids is 1. The van der Waals surface area contributed by atoms with E-state index in [4.69, 9.17) is 9.47 Å². The Labute approximate surface area is 103 Å². The Balaban J connectivity index is 2.35. The molecule has 0 aromatic carbocycles. The van der Waals surface area contributed by atoms with Crippen LogP contribution in [0.5, 0.6) is 0 Å². The first-order valence-corrected chi connectivity index (χ1v) is 6.26. The summed E-state index contributed by atoms with van der Waals surface area (Å²) in [6, 6.07) is 0. The monoisotopic (exact) mass is 244 g/mol. The smallest absolute Gasteiger partial charge is 0.246 e. The standard InChI is InChI=1S/C12H24N2O3/c1-3-17-8-11(15)14-9-12(10-16-2)4-6-13-7-5-12/h13H,3-10H2,1-2H3,(H,14,15). The van der Waals surface area contributed by atoms with E-state index in [0.717, 1.165) is 25.9 Å². The van der Waals surface area contributed by atoms with E-state index in [0.29, 0.717) is 19.8 Å². The van der Waals surface area contributed by atoms with Gasteiger partial charge in [-0.3, -0.25) is 4.79 Å². The zero-order valence-corrected chi connectivity index (χ0v) is 10.9. The van der Waals surface area contributed by atoms with Gasteiger partial charge in [0.25, 0.3) is 0 Å². The van der Waals surface area contributed by atoms with Crippen LogP contribution in [-0.4, -0.2) is 52.5 Å². The number of carbonyl (C=O) groups is 1. The van der Waals surface area contributed by atoms with E-state index in [1.165, 1.54) is 0 Å². The van der Waals surface area contributed by atoms with Gasteiger partial charge in [0.2, 0.25) is 5.91 Å². The SMILES string of the molecule is CCOCC(=O)NCC1(COC)CCNCC1. The fraction of sp³-hybridized carbons (Fsp3) is 0.917. The Kier molecular flexibility index (Phi) is 6.47. The Morgan fingerprint density at radius 1 is 1.41 bits per heavy atom. The molecule has 0 unspecified atom stereocenters. The largest absolute Gasteiger partial charge is 0.384 e. The number of ether oxygens (including phenoxy) is 2. The first kappa shape index (κ1) is 14.4. The molecule has 17 heavy (non-hydrogen) atoms. The third-order valence-corrected chi connectivity index (χ3v) is 3.21. The second-order valence-corrected chi connectivity index (χ2v) is 4.60. The van der Waals surface area contributed by atoms with Crippen molar-refractivity contribution in [2.24, 2.45) is 5.41 Å². The van der Waals surface area contributed by atoms with Crippen molar-refractivity contribution in [2.45, 2.75) is 19.8 Å². The fourth-order valence-electron chi connectivity index (χ4n) is 2.17. The summed E-state index contributed by atoms with van der Waals surface area (Å²) in [7, 11) is 1.71. The lowest BCUT2D eigenvalue weighted by molar-refractivity contribution is -0.126. The quantitative estimate of drug-likeness (QED) is 0.669. The third-order valence-electron chi connectivity index (χ3n) is 3.21. The molecule has 1 rings (SSSR count). The van der Waals surface area contributed by atoms with E-state index in [9.17, 15) is 4.79 Å². The Morgan fingerprint density at radius 2 is 2.12 bits per heavy atom. The van der Waals surface area contributed by atoms with Crippen LogP contribution < -0.4 is 10.6 Å². The Hall–Kier alpha value is -0.650. The minimum Gasteiger partial charge on any atom is -0.384 e. The zero-order chi connectivity index (χ0) is 12.6. The summed E-state index contributed by atoms with van der Waals surface area (Å²) in [5.74, 6) is -0.0409. The fourth-order valence-corrected chi connectivity index (χ4v) is 2.17. The van der Waals surface area contributed by atoms with Crippen LogP contribution in [0.1, 0.15) is 19.8 Å². The summed E-state index contributed by atoms with van der Waals surface area (Å²) in [4.78, 5) is 11.5. The maximum atomic E-state index is 11.5. The van der Waals surface area contributed by atoms with E-state index >= 15 is 0 Å². The van der Waals surface area contributed by atoms with Gasteiger partial charge in [-0.25, -0.2) is 0 Å². The summed E-state index contributed by atoms with van der Waals surface area (Å²) < 4.78 is 10.4. The normalized spacial score (nSPS) is 18.9. The summed E-state index contributed by atoms with van der Waals surface area (Å²) in [5, 5.41) is 6.27. The van der Waals surface area contributed by atoms with Crippen molar-refractivity contribution in [3.63, 3.8) is 0 Å². The van der Waals surface area contributed by atoms with Gasteiger partial charge in [0.05, 0.1) is 6.61 Å². The highest BCUT2D eigenvalue weighted by Gasteiger charge is 2.32. The molecule has 100 valence electrons. The van der Waals surface area contributed by atoms with Crippen LogP contribution in [-0.2, 0) is 14.3 Å². The molecule has 0 aromatic heterocycles. The number of rotatable bonds is 7. The van der Waals surface area contributed by atoms with E-state index in [2.05, 4.69) is 10.6 Å². The van der Waals surface area contributed by atoms with E-state index in [-0.39, 0.29) is 17.9 Å². The number of piperidine rings is 1. The molecule has 0 atom stereocenters. The molecular weight excluding hydrogens is 220 g/mol. The lowest BCUT2D eigenvalue weighted by atomic mass is 9.79. The predicted molar refractivity (Wildman–Crippen MR) is 65.9 cm³/mol. The molecule has 0 bridgehead atoms. The van der Waals surface area contributed by atoms with Gasteiger partial charge in [-0.05, 0) is 32.9 Å². The van der Waals surface area contributed by atoms with Crippen molar-refractivity contribution in [1.82, 2.24) is 10.6 Å². The van der Waals surface area contributed by atoms with Crippen molar-refractivity contribution < 1.29 is 14.3 Å². The van der Waals surface area contributed by atoms with Gasteiger partial charge in [0, 0.05) is 25.7 Å². The average molecular weight is 244 g/mol. The molecule has 0 spiro atoms. The van der Waals surface area contributed by atoms with Crippen LogP contribution in [0.15, 0.2) is 0 Å². The van der Waals surface area contributed by atoms with Gasteiger partial charge < -0.3 is 20.1 Å². The number of hydrogen-bond acceptors (Lipinski definition) is 4. The molecule has 1 aliphatic rings. The highest BCUT2D eigenvalue weighted by molar-refractivity contribution is 5.77. The van der Waals surface area contributed by atoms with E-state index < -0.39 is 0 Å². The van der Waals surface area contributed by atoms with E-state index in [1.807, 2.05) is 6.92 Å². The summed E-state index contributed by atoms with van der Waals surface area (Å²) in [6.45, 7) is 5.96. The van der Waals surface area contributed by atoms with Crippen LogP contribution in [0.4, 0.5) is 0 Å². The second kappa shape index (κ2) is 7.63. The predicted octanol–water partition coefficient (Wildman–Crippen LogP) is 0.155. The molecule has 5 nitrogen and oxygen atoms in total. The maximum absolute atomic E-state index is 11.5. The Bertz CT molecular complexity index is 222. The van der Waals surface area contributed by atoms with Gasteiger partial charge in [-0.2, -0.15) is 0 Å². The minimum atomic E-state index is -0.0409. The molecule has 1 aliphatic heterocycles. The first-order chi connectivity index (χ1) is 8.22. The Morgan fingerprint density at radius 3 is 2.71 bits per heavy atom. The molecule has 0 saturated carbocycles. The van der Waals surface area contributed by atoms with Crippen molar-refractivity contribution in [1.29, 1.82) is 0 Å². The van der Waals surface area contributed by atoms with Gasteiger partial charge >= 0.3 is 0 Å². The number of methoxy groups -OCH3 is 1. The topological polar surface area (TPSA) is 59.6 Å². The molecule has 1 fully saturated rings. The van der Waals surface area contributed by atoms with Crippen molar-refractivity contribution >= 4 is 5.91 Å². The molecule has 1 amide bonds. The van der Waals surface area contributed by atoms with E-state index in [1.54, 1.807) is 7.11 Å². The van der Waals surface area contributed by atoms with Crippen LogP contribution in [0.2, 0.25) is 0 Å². The zero-order valence-electron chi connectivity index (χ0n) is 10.9. The highest BCUT2D eigenvalue weighted by Crippen LogP contribution is 2.28. The lowest BCUT2D eigenvalue weighted by Gasteiger charge is -2.37.